The molecule has 2 atom stereocenters. The predicted molar refractivity (Wildman–Crippen MR) is 69.6 cm³/mol. The van der Waals surface area contributed by atoms with Crippen molar-refractivity contribution in [2.24, 2.45) is 0 Å². The fraction of sp³-hybridized carbons (Fsp3) is 0.750. The lowest BCUT2D eigenvalue weighted by Crippen LogP contribution is -2.54. The van der Waals surface area contributed by atoms with Crippen molar-refractivity contribution in [2.45, 2.75) is 25.0 Å². The first-order chi connectivity index (χ1) is 9.97. The number of carboxylic acid groups (broad SMARTS) is 1. The number of morpholine rings is 1. The Kier molecular flexibility index (Phi) is 6.89. The van der Waals surface area contributed by atoms with Crippen LogP contribution in [0, 0.1) is 0 Å². The standard InChI is InChI=1S/C12H20N2O7/c1-20-10(16)3-2-9(11(17)18)13-12(19)14-4-5-21-8(6-14)7-15/h8-9,15H,2-7H2,1H3,(H,13,19)(H,17,18)/t8?,9-/m1/s1. The van der Waals surface area contributed by atoms with E-state index in [1.807, 2.05) is 0 Å². The third-order valence-corrected chi connectivity index (χ3v) is 3.09. The number of carboxylic acids is 1. The molecule has 2 amide bonds. The van der Waals surface area contributed by atoms with Gasteiger partial charge in [0, 0.05) is 13.0 Å². The Bertz CT molecular complexity index is 388. The van der Waals surface area contributed by atoms with Crippen LogP contribution >= 0.6 is 0 Å². The van der Waals surface area contributed by atoms with Gasteiger partial charge in [-0.2, -0.15) is 0 Å². The number of carbonyl (C=O) groups is 3. The highest BCUT2D eigenvalue weighted by Crippen LogP contribution is 2.06. The summed E-state index contributed by atoms with van der Waals surface area (Å²) < 4.78 is 9.64. The van der Waals surface area contributed by atoms with E-state index in [2.05, 4.69) is 10.1 Å². The maximum absolute atomic E-state index is 12.0. The van der Waals surface area contributed by atoms with Crippen LogP contribution < -0.4 is 5.32 Å². The number of aliphatic hydroxyl groups is 1. The molecule has 1 aliphatic rings. The second-order valence-electron chi connectivity index (χ2n) is 4.58. The summed E-state index contributed by atoms with van der Waals surface area (Å²) in [7, 11) is 1.21. The number of nitrogens with zero attached hydrogens (tertiary/aromatic N) is 1. The van der Waals surface area contributed by atoms with Crippen molar-refractivity contribution in [1.82, 2.24) is 10.2 Å². The molecule has 0 saturated carbocycles. The Morgan fingerprint density at radius 1 is 1.48 bits per heavy atom. The smallest absolute Gasteiger partial charge is 0.326 e. The van der Waals surface area contributed by atoms with Crippen LogP contribution in [-0.4, -0.2) is 78.6 Å². The molecule has 3 N–H and O–H groups in total. The first-order valence-corrected chi connectivity index (χ1v) is 6.55. The molecule has 0 radical (unpaired) electrons. The number of amides is 2. The van der Waals surface area contributed by atoms with Gasteiger partial charge in [0.2, 0.25) is 0 Å². The van der Waals surface area contributed by atoms with Gasteiger partial charge in [-0.3, -0.25) is 4.79 Å². The van der Waals surface area contributed by atoms with Gasteiger partial charge in [-0.1, -0.05) is 0 Å². The number of hydrogen-bond donors (Lipinski definition) is 3. The van der Waals surface area contributed by atoms with E-state index in [9.17, 15) is 14.4 Å². The highest BCUT2D eigenvalue weighted by Gasteiger charge is 2.27. The van der Waals surface area contributed by atoms with E-state index in [1.54, 1.807) is 0 Å². The summed E-state index contributed by atoms with van der Waals surface area (Å²) in [4.78, 5) is 35.5. The SMILES string of the molecule is COC(=O)CC[C@@H](NC(=O)N1CCOC(CO)C1)C(=O)O. The Balaban J connectivity index is 2.51. The molecule has 1 fully saturated rings. The molecule has 9 nitrogen and oxygen atoms in total. The number of aliphatic hydroxyl groups excluding tert-OH is 1. The van der Waals surface area contributed by atoms with E-state index in [-0.39, 0.29) is 32.6 Å². The molecule has 0 aliphatic carbocycles. The zero-order valence-corrected chi connectivity index (χ0v) is 11.8. The number of nitrogens with one attached hydrogen (secondary N) is 1. The molecular weight excluding hydrogens is 284 g/mol. The fourth-order valence-electron chi connectivity index (χ4n) is 1.88. The quantitative estimate of drug-likeness (QED) is 0.526. The molecule has 1 unspecified atom stereocenters. The Hall–Kier alpha value is -1.87. The van der Waals surface area contributed by atoms with Crippen LogP contribution in [0.4, 0.5) is 4.79 Å². The second-order valence-corrected chi connectivity index (χ2v) is 4.58. The monoisotopic (exact) mass is 304 g/mol. The van der Waals surface area contributed by atoms with Crippen LogP contribution in [0.3, 0.4) is 0 Å². The van der Waals surface area contributed by atoms with Crippen molar-refractivity contribution in [3.05, 3.63) is 0 Å². The normalized spacial score (nSPS) is 19.7. The maximum atomic E-state index is 12.0. The van der Waals surface area contributed by atoms with Crippen LogP contribution in [0.2, 0.25) is 0 Å². The van der Waals surface area contributed by atoms with Gasteiger partial charge < -0.3 is 29.9 Å². The number of methoxy groups -OCH3 is 1. The van der Waals surface area contributed by atoms with E-state index >= 15 is 0 Å². The lowest BCUT2D eigenvalue weighted by Gasteiger charge is -2.32. The van der Waals surface area contributed by atoms with Gasteiger partial charge in [0.05, 0.1) is 33.0 Å². The highest BCUT2D eigenvalue weighted by molar-refractivity contribution is 5.83. The van der Waals surface area contributed by atoms with E-state index < -0.39 is 30.1 Å². The van der Waals surface area contributed by atoms with E-state index in [0.29, 0.717) is 6.54 Å². The molecular formula is C12H20N2O7. The summed E-state index contributed by atoms with van der Waals surface area (Å²) >= 11 is 0. The number of esters is 1. The molecule has 1 aliphatic heterocycles. The lowest BCUT2D eigenvalue weighted by atomic mass is 10.1. The molecule has 9 heteroatoms. The Morgan fingerprint density at radius 3 is 2.76 bits per heavy atom. The minimum Gasteiger partial charge on any atom is -0.480 e. The summed E-state index contributed by atoms with van der Waals surface area (Å²) in [5.74, 6) is -1.76. The third kappa shape index (κ3) is 5.56. The van der Waals surface area contributed by atoms with Crippen LogP contribution in [-0.2, 0) is 19.1 Å². The van der Waals surface area contributed by atoms with Gasteiger partial charge in [0.15, 0.2) is 0 Å². The molecule has 0 aromatic rings. The fourth-order valence-corrected chi connectivity index (χ4v) is 1.88. The molecule has 21 heavy (non-hydrogen) atoms. The number of rotatable bonds is 6. The zero-order chi connectivity index (χ0) is 15.8. The predicted octanol–water partition coefficient (Wildman–Crippen LogP) is -1.20. The second kappa shape index (κ2) is 8.42. The van der Waals surface area contributed by atoms with Crippen LogP contribution in [0.5, 0.6) is 0 Å². The summed E-state index contributed by atoms with van der Waals surface area (Å²) in [6, 6.07) is -1.74. The molecule has 0 spiro atoms. The summed E-state index contributed by atoms with van der Waals surface area (Å²) in [5.41, 5.74) is 0. The number of carbonyl (C=O) groups excluding carboxylic acids is 2. The van der Waals surface area contributed by atoms with E-state index in [4.69, 9.17) is 14.9 Å². The van der Waals surface area contributed by atoms with Crippen molar-refractivity contribution in [2.75, 3.05) is 33.4 Å². The average molecular weight is 304 g/mol. The Labute approximate surface area is 121 Å². The number of ether oxygens (including phenoxy) is 2. The molecule has 0 bridgehead atoms. The minimum absolute atomic E-state index is 0.0541. The number of aliphatic carboxylic acids is 1. The minimum atomic E-state index is -1.22. The maximum Gasteiger partial charge on any atom is 0.326 e. The van der Waals surface area contributed by atoms with Crippen LogP contribution in [0.25, 0.3) is 0 Å². The Morgan fingerprint density at radius 2 is 2.19 bits per heavy atom. The van der Waals surface area contributed by atoms with E-state index in [0.717, 1.165) is 0 Å². The van der Waals surface area contributed by atoms with Crippen molar-refractivity contribution in [3.63, 3.8) is 0 Å². The average Bonchev–Trinajstić information content (AvgIpc) is 2.50. The van der Waals surface area contributed by atoms with Crippen molar-refractivity contribution < 1.29 is 34.1 Å². The van der Waals surface area contributed by atoms with Crippen molar-refractivity contribution in [1.29, 1.82) is 0 Å². The molecule has 0 aromatic heterocycles. The summed E-state index contributed by atoms with van der Waals surface area (Å²) in [6.45, 7) is 0.560. The topological polar surface area (TPSA) is 125 Å². The zero-order valence-electron chi connectivity index (χ0n) is 11.8. The van der Waals surface area contributed by atoms with Gasteiger partial charge in [0.1, 0.15) is 6.04 Å². The number of urea groups is 1. The van der Waals surface area contributed by atoms with Crippen LogP contribution in [0.15, 0.2) is 0 Å². The first-order valence-electron chi connectivity index (χ1n) is 6.55. The summed E-state index contributed by atoms with van der Waals surface area (Å²) in [5, 5.41) is 20.4. The van der Waals surface area contributed by atoms with Gasteiger partial charge in [-0.15, -0.1) is 0 Å². The molecule has 120 valence electrons. The van der Waals surface area contributed by atoms with Crippen molar-refractivity contribution >= 4 is 18.0 Å². The number of hydrogen-bond acceptors (Lipinski definition) is 6. The molecule has 1 saturated heterocycles. The summed E-state index contributed by atoms with van der Waals surface area (Å²) in [6.07, 6.45) is -0.625. The molecule has 1 rings (SSSR count). The van der Waals surface area contributed by atoms with Crippen LogP contribution in [0.1, 0.15) is 12.8 Å². The highest BCUT2D eigenvalue weighted by atomic mass is 16.5. The van der Waals surface area contributed by atoms with Gasteiger partial charge in [0.25, 0.3) is 0 Å². The van der Waals surface area contributed by atoms with Crippen molar-refractivity contribution in [3.8, 4) is 0 Å². The lowest BCUT2D eigenvalue weighted by molar-refractivity contribution is -0.142. The molecule has 0 aromatic carbocycles. The van der Waals surface area contributed by atoms with Gasteiger partial charge >= 0.3 is 18.0 Å². The van der Waals surface area contributed by atoms with E-state index in [1.165, 1.54) is 12.0 Å². The van der Waals surface area contributed by atoms with Gasteiger partial charge in [-0.25, -0.2) is 9.59 Å². The largest absolute Gasteiger partial charge is 0.480 e. The first kappa shape index (κ1) is 17.2. The van der Waals surface area contributed by atoms with Gasteiger partial charge in [-0.05, 0) is 6.42 Å². The third-order valence-electron chi connectivity index (χ3n) is 3.09. The molecule has 1 heterocycles.